The standard InChI is InChI=1S/C23H30N6O2/c1-16(2)17-4-6-18(7-5-17)25-22-26-21(24)27-23(28-12-14-31-15-13-28)29(22)19-8-10-20(30-3)11-9-19/h4-11,16,22,25H,12-15H2,1-3H3,(H2,24,26). The van der Waals surface area contributed by atoms with E-state index in [9.17, 15) is 0 Å². The van der Waals surface area contributed by atoms with Crippen LogP contribution in [0.1, 0.15) is 25.3 Å². The lowest BCUT2D eigenvalue weighted by molar-refractivity contribution is 0.0671. The topological polar surface area (TPSA) is 87.7 Å². The van der Waals surface area contributed by atoms with Crippen LogP contribution in [0.4, 0.5) is 11.4 Å². The van der Waals surface area contributed by atoms with E-state index < -0.39 is 6.29 Å². The summed E-state index contributed by atoms with van der Waals surface area (Å²) in [5.41, 5.74) is 9.34. The van der Waals surface area contributed by atoms with Gasteiger partial charge in [-0.25, -0.2) is 4.99 Å². The highest BCUT2D eigenvalue weighted by molar-refractivity contribution is 6.06. The van der Waals surface area contributed by atoms with Gasteiger partial charge in [0, 0.05) is 24.5 Å². The molecular formula is C23H30N6O2. The zero-order chi connectivity index (χ0) is 21.8. The van der Waals surface area contributed by atoms with E-state index in [1.807, 2.05) is 24.3 Å². The van der Waals surface area contributed by atoms with Gasteiger partial charge in [-0.1, -0.05) is 26.0 Å². The number of hydrogen-bond donors (Lipinski definition) is 2. The van der Waals surface area contributed by atoms with Crippen LogP contribution in [0.2, 0.25) is 0 Å². The fourth-order valence-electron chi connectivity index (χ4n) is 3.67. The number of anilines is 2. The number of ether oxygens (including phenoxy) is 2. The van der Waals surface area contributed by atoms with Crippen LogP contribution >= 0.6 is 0 Å². The lowest BCUT2D eigenvalue weighted by Crippen LogP contribution is -2.57. The van der Waals surface area contributed by atoms with Crippen LogP contribution in [-0.4, -0.2) is 56.5 Å². The van der Waals surface area contributed by atoms with Gasteiger partial charge in [-0.15, -0.1) is 0 Å². The van der Waals surface area contributed by atoms with Crippen molar-refractivity contribution in [3.63, 3.8) is 0 Å². The molecule has 164 valence electrons. The van der Waals surface area contributed by atoms with E-state index in [0.717, 1.165) is 36.2 Å². The van der Waals surface area contributed by atoms with Crippen molar-refractivity contribution in [2.45, 2.75) is 26.1 Å². The smallest absolute Gasteiger partial charge is 0.222 e. The van der Waals surface area contributed by atoms with Crippen molar-refractivity contribution < 1.29 is 9.47 Å². The molecule has 0 bridgehead atoms. The van der Waals surface area contributed by atoms with Gasteiger partial charge in [0.1, 0.15) is 5.75 Å². The molecule has 0 aliphatic carbocycles. The largest absolute Gasteiger partial charge is 0.497 e. The van der Waals surface area contributed by atoms with E-state index in [1.165, 1.54) is 5.56 Å². The molecule has 2 aliphatic rings. The quantitative estimate of drug-likeness (QED) is 0.770. The van der Waals surface area contributed by atoms with Gasteiger partial charge < -0.3 is 25.4 Å². The monoisotopic (exact) mass is 422 g/mol. The summed E-state index contributed by atoms with van der Waals surface area (Å²) in [5, 5.41) is 3.51. The summed E-state index contributed by atoms with van der Waals surface area (Å²) in [4.78, 5) is 13.5. The molecule has 8 heteroatoms. The second kappa shape index (κ2) is 9.26. The summed E-state index contributed by atoms with van der Waals surface area (Å²) in [6, 6.07) is 16.3. The predicted octanol–water partition coefficient (Wildman–Crippen LogP) is 3.04. The minimum atomic E-state index is -0.436. The van der Waals surface area contributed by atoms with Crippen LogP contribution in [0.3, 0.4) is 0 Å². The van der Waals surface area contributed by atoms with Gasteiger partial charge in [-0.05, 0) is 47.9 Å². The Bertz CT molecular complexity index is 934. The molecule has 0 spiro atoms. The lowest BCUT2D eigenvalue weighted by atomic mass is 10.0. The number of methoxy groups -OCH3 is 1. The molecule has 0 saturated carbocycles. The molecule has 0 radical (unpaired) electrons. The van der Waals surface area contributed by atoms with Gasteiger partial charge in [0.05, 0.1) is 20.3 Å². The Morgan fingerprint density at radius 3 is 2.35 bits per heavy atom. The Morgan fingerprint density at radius 1 is 1.06 bits per heavy atom. The minimum absolute atomic E-state index is 0.252. The molecule has 2 aliphatic heterocycles. The zero-order valence-electron chi connectivity index (χ0n) is 18.3. The van der Waals surface area contributed by atoms with Crippen LogP contribution in [0.15, 0.2) is 58.5 Å². The summed E-state index contributed by atoms with van der Waals surface area (Å²) in [5.74, 6) is 2.29. The molecule has 3 N–H and O–H groups in total. The Kier molecular flexibility index (Phi) is 6.27. The van der Waals surface area contributed by atoms with Crippen LogP contribution < -0.4 is 20.7 Å². The van der Waals surface area contributed by atoms with Crippen molar-refractivity contribution >= 4 is 23.3 Å². The summed E-state index contributed by atoms with van der Waals surface area (Å²) >= 11 is 0. The third-order valence-electron chi connectivity index (χ3n) is 5.45. The van der Waals surface area contributed by atoms with Crippen molar-refractivity contribution in [2.24, 2.45) is 15.7 Å². The van der Waals surface area contributed by atoms with Crippen molar-refractivity contribution in [1.82, 2.24) is 4.90 Å². The molecule has 1 atom stereocenters. The maximum atomic E-state index is 6.14. The molecule has 0 amide bonds. The zero-order valence-corrected chi connectivity index (χ0v) is 18.3. The molecule has 2 aromatic carbocycles. The van der Waals surface area contributed by atoms with E-state index in [1.54, 1.807) is 7.11 Å². The molecule has 8 nitrogen and oxygen atoms in total. The van der Waals surface area contributed by atoms with Crippen LogP contribution in [0.25, 0.3) is 0 Å². The van der Waals surface area contributed by atoms with Gasteiger partial charge in [0.15, 0.2) is 0 Å². The number of rotatable bonds is 5. The van der Waals surface area contributed by atoms with Crippen LogP contribution in [-0.2, 0) is 4.74 Å². The molecule has 2 aromatic rings. The van der Waals surface area contributed by atoms with E-state index in [-0.39, 0.29) is 5.96 Å². The Labute approximate surface area is 183 Å². The predicted molar refractivity (Wildman–Crippen MR) is 125 cm³/mol. The normalized spacial score (nSPS) is 19.2. The first-order valence-corrected chi connectivity index (χ1v) is 10.6. The summed E-state index contributed by atoms with van der Waals surface area (Å²) in [6.45, 7) is 7.17. The first-order valence-electron chi connectivity index (χ1n) is 10.6. The lowest BCUT2D eigenvalue weighted by Gasteiger charge is -2.41. The highest BCUT2D eigenvalue weighted by atomic mass is 16.5. The highest BCUT2D eigenvalue weighted by Gasteiger charge is 2.32. The summed E-state index contributed by atoms with van der Waals surface area (Å²) in [7, 11) is 1.66. The van der Waals surface area contributed by atoms with E-state index in [4.69, 9.17) is 15.2 Å². The van der Waals surface area contributed by atoms with Crippen molar-refractivity contribution in [2.75, 3.05) is 43.6 Å². The Morgan fingerprint density at radius 2 is 1.74 bits per heavy atom. The number of nitrogens with one attached hydrogen (secondary N) is 1. The average molecular weight is 423 g/mol. The fourth-order valence-corrected chi connectivity index (χ4v) is 3.67. The molecule has 2 heterocycles. The second-order valence-electron chi connectivity index (χ2n) is 7.86. The minimum Gasteiger partial charge on any atom is -0.497 e. The molecule has 4 rings (SSSR count). The number of benzene rings is 2. The summed E-state index contributed by atoms with van der Waals surface area (Å²) in [6.07, 6.45) is -0.436. The first kappa shape index (κ1) is 21.0. The van der Waals surface area contributed by atoms with Gasteiger partial charge in [0.2, 0.25) is 18.2 Å². The third-order valence-corrected chi connectivity index (χ3v) is 5.45. The van der Waals surface area contributed by atoms with Gasteiger partial charge >= 0.3 is 0 Å². The van der Waals surface area contributed by atoms with Gasteiger partial charge in [0.25, 0.3) is 0 Å². The Balaban J connectivity index is 1.67. The van der Waals surface area contributed by atoms with Crippen molar-refractivity contribution in [1.29, 1.82) is 0 Å². The molecular weight excluding hydrogens is 392 g/mol. The fraction of sp³-hybridized carbons (Fsp3) is 0.391. The molecule has 1 fully saturated rings. The van der Waals surface area contributed by atoms with Crippen LogP contribution in [0, 0.1) is 0 Å². The van der Waals surface area contributed by atoms with Crippen molar-refractivity contribution in [3.05, 3.63) is 54.1 Å². The molecule has 1 unspecified atom stereocenters. The first-order chi connectivity index (χ1) is 15.0. The number of guanidine groups is 2. The summed E-state index contributed by atoms with van der Waals surface area (Å²) < 4.78 is 10.9. The van der Waals surface area contributed by atoms with Gasteiger partial charge in [-0.3, -0.25) is 4.90 Å². The number of nitrogens with zero attached hydrogens (tertiary/aromatic N) is 4. The van der Waals surface area contributed by atoms with Crippen LogP contribution in [0.5, 0.6) is 5.75 Å². The number of hydrogen-bond acceptors (Lipinski definition) is 8. The molecule has 1 saturated heterocycles. The Hall–Kier alpha value is -3.26. The third kappa shape index (κ3) is 4.74. The van der Waals surface area contributed by atoms with E-state index >= 15 is 0 Å². The van der Waals surface area contributed by atoms with E-state index in [0.29, 0.717) is 19.1 Å². The van der Waals surface area contributed by atoms with Crippen molar-refractivity contribution in [3.8, 4) is 5.75 Å². The molecule has 0 aromatic heterocycles. The maximum absolute atomic E-state index is 6.14. The maximum Gasteiger partial charge on any atom is 0.222 e. The second-order valence-corrected chi connectivity index (χ2v) is 7.86. The molecule has 31 heavy (non-hydrogen) atoms. The average Bonchev–Trinajstić information content (AvgIpc) is 2.80. The number of aliphatic imine (C=N–C) groups is 2. The number of nitrogens with two attached hydrogens (primary N) is 1. The van der Waals surface area contributed by atoms with Gasteiger partial charge in [-0.2, -0.15) is 4.99 Å². The number of morpholine rings is 1. The highest BCUT2D eigenvalue weighted by Crippen LogP contribution is 2.27. The van der Waals surface area contributed by atoms with E-state index in [2.05, 4.69) is 63.2 Å². The SMILES string of the molecule is COc1ccc(N2C(N3CCOCC3)=NC(N)=NC2Nc2ccc(C(C)C)cc2)cc1.